The summed E-state index contributed by atoms with van der Waals surface area (Å²) in [5.74, 6) is 3.31. The molecule has 120 valence electrons. The summed E-state index contributed by atoms with van der Waals surface area (Å²) in [6, 6.07) is 0. The molecule has 1 N–H and O–H groups in total. The molecule has 5 aliphatic rings. The fourth-order valence-corrected chi connectivity index (χ4v) is 6.47. The molecule has 0 aromatic carbocycles. The molecule has 4 aliphatic carbocycles. The van der Waals surface area contributed by atoms with Gasteiger partial charge in [-0.15, -0.1) is 0 Å². The van der Waals surface area contributed by atoms with Crippen molar-refractivity contribution in [2.75, 3.05) is 32.7 Å². The van der Waals surface area contributed by atoms with E-state index >= 15 is 0 Å². The van der Waals surface area contributed by atoms with Crippen molar-refractivity contribution in [2.45, 2.75) is 64.2 Å². The van der Waals surface area contributed by atoms with Crippen LogP contribution in [-0.4, -0.2) is 37.6 Å². The first-order valence-electron chi connectivity index (χ1n) is 9.74. The zero-order valence-electron chi connectivity index (χ0n) is 13.8. The topological polar surface area (TPSA) is 15.3 Å². The summed E-state index contributed by atoms with van der Waals surface area (Å²) in [7, 11) is 0. The van der Waals surface area contributed by atoms with Crippen molar-refractivity contribution in [3.8, 4) is 0 Å². The molecular formula is C19H34N2. The van der Waals surface area contributed by atoms with Gasteiger partial charge in [0, 0.05) is 6.54 Å². The predicted molar refractivity (Wildman–Crippen MR) is 88.4 cm³/mol. The average Bonchev–Trinajstić information content (AvgIpc) is 2.46. The van der Waals surface area contributed by atoms with Crippen LogP contribution in [0.2, 0.25) is 0 Å². The van der Waals surface area contributed by atoms with Crippen molar-refractivity contribution in [1.29, 1.82) is 0 Å². The number of rotatable bonds is 6. The Morgan fingerprint density at radius 2 is 1.48 bits per heavy atom. The Morgan fingerprint density at radius 1 is 0.857 bits per heavy atom. The van der Waals surface area contributed by atoms with Crippen molar-refractivity contribution < 1.29 is 0 Å². The molecule has 2 heteroatoms. The molecule has 0 aromatic heterocycles. The number of piperidine rings is 1. The van der Waals surface area contributed by atoms with Crippen LogP contribution >= 0.6 is 0 Å². The Labute approximate surface area is 131 Å². The Bertz CT molecular complexity index is 310. The standard InChI is InChI=1S/C19H34N2/c1-2-6-21(7-3-1)8-4-5-20-15-19-12-16-9-17(13-19)11-18(10-16)14-19/h16-18,20H,1-15H2. The lowest BCUT2D eigenvalue weighted by atomic mass is 9.49. The van der Waals surface area contributed by atoms with Crippen LogP contribution in [0.25, 0.3) is 0 Å². The minimum atomic E-state index is 0.722. The maximum absolute atomic E-state index is 3.86. The summed E-state index contributed by atoms with van der Waals surface area (Å²) in [6.45, 7) is 6.62. The number of nitrogens with zero attached hydrogens (tertiary/aromatic N) is 1. The predicted octanol–water partition coefficient (Wildman–Crippen LogP) is 3.67. The highest BCUT2D eigenvalue weighted by atomic mass is 15.1. The van der Waals surface area contributed by atoms with Gasteiger partial charge in [0.05, 0.1) is 0 Å². The Hall–Kier alpha value is -0.0800. The largest absolute Gasteiger partial charge is 0.316 e. The minimum absolute atomic E-state index is 0.722. The quantitative estimate of drug-likeness (QED) is 0.751. The molecule has 0 aromatic rings. The van der Waals surface area contributed by atoms with E-state index in [0.717, 1.165) is 23.2 Å². The molecule has 4 saturated carbocycles. The lowest BCUT2D eigenvalue weighted by Gasteiger charge is -2.57. The molecule has 1 saturated heterocycles. The van der Waals surface area contributed by atoms with E-state index in [9.17, 15) is 0 Å². The van der Waals surface area contributed by atoms with E-state index in [1.807, 2.05) is 0 Å². The van der Waals surface area contributed by atoms with Gasteiger partial charge in [-0.05, 0) is 107 Å². The van der Waals surface area contributed by atoms with Crippen molar-refractivity contribution in [3.63, 3.8) is 0 Å². The van der Waals surface area contributed by atoms with Crippen LogP contribution in [0.5, 0.6) is 0 Å². The van der Waals surface area contributed by atoms with Gasteiger partial charge >= 0.3 is 0 Å². The molecule has 4 bridgehead atoms. The van der Waals surface area contributed by atoms with Crippen molar-refractivity contribution in [2.24, 2.45) is 23.2 Å². The van der Waals surface area contributed by atoms with Gasteiger partial charge in [-0.1, -0.05) is 6.42 Å². The van der Waals surface area contributed by atoms with Crippen LogP contribution in [0.4, 0.5) is 0 Å². The molecule has 0 radical (unpaired) electrons. The van der Waals surface area contributed by atoms with Crippen LogP contribution in [-0.2, 0) is 0 Å². The van der Waals surface area contributed by atoms with Crippen LogP contribution < -0.4 is 5.32 Å². The molecule has 2 nitrogen and oxygen atoms in total. The summed E-state index contributed by atoms with van der Waals surface area (Å²) in [5, 5.41) is 3.86. The average molecular weight is 290 g/mol. The third-order valence-electron chi connectivity index (χ3n) is 6.94. The molecule has 0 atom stereocenters. The highest BCUT2D eigenvalue weighted by Crippen LogP contribution is 2.59. The molecular weight excluding hydrogens is 256 g/mol. The van der Waals surface area contributed by atoms with Crippen LogP contribution in [0, 0.1) is 23.2 Å². The molecule has 5 fully saturated rings. The van der Waals surface area contributed by atoms with E-state index < -0.39 is 0 Å². The first-order chi connectivity index (χ1) is 10.3. The summed E-state index contributed by atoms with van der Waals surface area (Å²) in [5.41, 5.74) is 0.722. The fraction of sp³-hybridized carbons (Fsp3) is 1.00. The van der Waals surface area contributed by atoms with Crippen LogP contribution in [0.3, 0.4) is 0 Å². The van der Waals surface area contributed by atoms with Crippen molar-refractivity contribution >= 4 is 0 Å². The summed E-state index contributed by atoms with van der Waals surface area (Å²) in [4.78, 5) is 2.68. The lowest BCUT2D eigenvalue weighted by molar-refractivity contribution is -0.0512. The highest BCUT2D eigenvalue weighted by molar-refractivity contribution is 5.02. The number of hydrogen-bond donors (Lipinski definition) is 1. The van der Waals surface area contributed by atoms with Gasteiger partial charge in [0.25, 0.3) is 0 Å². The third kappa shape index (κ3) is 3.32. The van der Waals surface area contributed by atoms with E-state index in [-0.39, 0.29) is 0 Å². The molecule has 0 unspecified atom stereocenters. The Morgan fingerprint density at radius 3 is 2.10 bits per heavy atom. The molecule has 5 rings (SSSR count). The maximum Gasteiger partial charge on any atom is 0.000812 e. The Balaban J connectivity index is 1.17. The zero-order valence-corrected chi connectivity index (χ0v) is 13.8. The molecule has 0 amide bonds. The van der Waals surface area contributed by atoms with Crippen LogP contribution in [0.1, 0.15) is 64.2 Å². The van der Waals surface area contributed by atoms with E-state index in [2.05, 4.69) is 10.2 Å². The first-order valence-corrected chi connectivity index (χ1v) is 9.74. The lowest BCUT2D eigenvalue weighted by Crippen LogP contribution is -2.50. The second-order valence-electron chi connectivity index (χ2n) is 8.85. The molecule has 21 heavy (non-hydrogen) atoms. The van der Waals surface area contributed by atoms with E-state index in [0.29, 0.717) is 0 Å². The fourth-order valence-electron chi connectivity index (χ4n) is 6.47. The highest BCUT2D eigenvalue weighted by Gasteiger charge is 2.50. The van der Waals surface area contributed by atoms with Gasteiger partial charge in [-0.25, -0.2) is 0 Å². The number of likely N-dealkylation sites (tertiary alicyclic amines) is 1. The monoisotopic (exact) mass is 290 g/mol. The molecule has 1 aliphatic heterocycles. The summed E-state index contributed by atoms with van der Waals surface area (Å²) >= 11 is 0. The summed E-state index contributed by atoms with van der Waals surface area (Å²) < 4.78 is 0. The third-order valence-corrected chi connectivity index (χ3v) is 6.94. The smallest absolute Gasteiger partial charge is 0.000812 e. The number of nitrogens with one attached hydrogen (secondary N) is 1. The van der Waals surface area contributed by atoms with E-state index in [4.69, 9.17) is 0 Å². The second kappa shape index (κ2) is 6.20. The maximum atomic E-state index is 3.86. The van der Waals surface area contributed by atoms with Gasteiger partial charge in [-0.2, -0.15) is 0 Å². The Kier molecular flexibility index (Phi) is 4.28. The van der Waals surface area contributed by atoms with Gasteiger partial charge in [0.2, 0.25) is 0 Å². The van der Waals surface area contributed by atoms with E-state index in [1.54, 1.807) is 38.5 Å². The minimum Gasteiger partial charge on any atom is -0.316 e. The molecule has 0 spiro atoms. The zero-order chi connectivity index (χ0) is 14.1. The van der Waals surface area contributed by atoms with Gasteiger partial charge in [0.15, 0.2) is 0 Å². The van der Waals surface area contributed by atoms with Crippen molar-refractivity contribution in [1.82, 2.24) is 10.2 Å². The first kappa shape index (κ1) is 14.5. The molecule has 1 heterocycles. The van der Waals surface area contributed by atoms with Crippen LogP contribution in [0.15, 0.2) is 0 Å². The normalized spacial score (nSPS) is 42.6. The SMILES string of the molecule is C1CCN(CCCNCC23CC4CC(CC(C4)C2)C3)CC1. The van der Waals surface area contributed by atoms with Crippen molar-refractivity contribution in [3.05, 3.63) is 0 Å². The summed E-state index contributed by atoms with van der Waals surface area (Å²) in [6.07, 6.45) is 15.1. The second-order valence-corrected chi connectivity index (χ2v) is 8.85. The van der Waals surface area contributed by atoms with Gasteiger partial charge in [0.1, 0.15) is 0 Å². The van der Waals surface area contributed by atoms with Gasteiger partial charge in [-0.3, -0.25) is 0 Å². The van der Waals surface area contributed by atoms with Gasteiger partial charge < -0.3 is 10.2 Å². The number of hydrogen-bond acceptors (Lipinski definition) is 2. The van der Waals surface area contributed by atoms with E-state index in [1.165, 1.54) is 58.4 Å².